The Morgan fingerprint density at radius 1 is 1.39 bits per heavy atom. The minimum absolute atomic E-state index is 0.143. The monoisotopic (exact) mass is 332 g/mol. The molecule has 0 saturated heterocycles. The molecule has 0 aromatic carbocycles. The van der Waals surface area contributed by atoms with Crippen molar-refractivity contribution in [2.24, 2.45) is 0 Å². The second-order valence-electron chi connectivity index (χ2n) is 5.59. The van der Waals surface area contributed by atoms with Crippen LogP contribution in [-0.4, -0.2) is 39.5 Å². The molecular weight excluding hydrogens is 308 g/mol. The molecule has 2 aromatic rings. The fourth-order valence-corrected chi connectivity index (χ4v) is 3.06. The second-order valence-corrected chi connectivity index (χ2v) is 6.98. The molecule has 0 radical (unpaired) electrons. The SMILES string of the molecule is CCSCC[C@H](C)N(C)c1ccc(-c2nc(C)cc(=O)[nH]2)cn1. The van der Waals surface area contributed by atoms with Crippen molar-refractivity contribution in [3.8, 4) is 11.4 Å². The average Bonchev–Trinajstić information content (AvgIpc) is 2.53. The van der Waals surface area contributed by atoms with E-state index in [1.165, 1.54) is 6.07 Å². The summed E-state index contributed by atoms with van der Waals surface area (Å²) in [6.45, 7) is 6.21. The molecular formula is C17H24N4OS. The van der Waals surface area contributed by atoms with Crippen molar-refractivity contribution in [3.05, 3.63) is 40.4 Å². The zero-order valence-corrected chi connectivity index (χ0v) is 15.0. The van der Waals surface area contributed by atoms with E-state index in [1.807, 2.05) is 30.8 Å². The number of nitrogens with zero attached hydrogens (tertiary/aromatic N) is 3. The Kier molecular flexibility index (Phi) is 6.21. The minimum Gasteiger partial charge on any atom is -0.357 e. The highest BCUT2D eigenvalue weighted by atomic mass is 32.2. The lowest BCUT2D eigenvalue weighted by Crippen LogP contribution is -2.30. The maximum atomic E-state index is 11.5. The Bertz CT molecular complexity index is 684. The fourth-order valence-electron chi connectivity index (χ4n) is 2.27. The number of aryl methyl sites for hydroxylation is 1. The number of hydrogen-bond acceptors (Lipinski definition) is 5. The van der Waals surface area contributed by atoms with Gasteiger partial charge in [0.1, 0.15) is 11.6 Å². The van der Waals surface area contributed by atoms with E-state index in [2.05, 4.69) is 40.7 Å². The van der Waals surface area contributed by atoms with Gasteiger partial charge in [-0.15, -0.1) is 0 Å². The third kappa shape index (κ3) is 4.82. The molecule has 2 heterocycles. The van der Waals surface area contributed by atoms with Gasteiger partial charge in [0.25, 0.3) is 5.56 Å². The molecule has 23 heavy (non-hydrogen) atoms. The molecule has 0 unspecified atom stereocenters. The van der Waals surface area contributed by atoms with Crippen LogP contribution in [-0.2, 0) is 0 Å². The van der Waals surface area contributed by atoms with Gasteiger partial charge < -0.3 is 9.88 Å². The lowest BCUT2D eigenvalue weighted by Gasteiger charge is -2.26. The lowest BCUT2D eigenvalue weighted by atomic mass is 10.2. The number of thioether (sulfide) groups is 1. The van der Waals surface area contributed by atoms with Gasteiger partial charge in [0.15, 0.2) is 0 Å². The number of aromatic amines is 1. The molecule has 0 bridgehead atoms. The summed E-state index contributed by atoms with van der Waals surface area (Å²) in [5.74, 6) is 3.81. The Hall–Kier alpha value is -1.82. The number of nitrogens with one attached hydrogen (secondary N) is 1. The van der Waals surface area contributed by atoms with Crippen molar-refractivity contribution in [1.29, 1.82) is 0 Å². The van der Waals surface area contributed by atoms with Crippen LogP contribution in [0.1, 0.15) is 26.0 Å². The van der Waals surface area contributed by atoms with Crippen LogP contribution in [0.2, 0.25) is 0 Å². The number of anilines is 1. The van der Waals surface area contributed by atoms with Crippen molar-refractivity contribution in [3.63, 3.8) is 0 Å². The van der Waals surface area contributed by atoms with Gasteiger partial charge >= 0.3 is 0 Å². The van der Waals surface area contributed by atoms with Crippen molar-refractivity contribution < 1.29 is 0 Å². The quantitative estimate of drug-likeness (QED) is 0.789. The van der Waals surface area contributed by atoms with Gasteiger partial charge in [0.2, 0.25) is 0 Å². The van der Waals surface area contributed by atoms with E-state index in [0.717, 1.165) is 29.3 Å². The Balaban J connectivity index is 2.10. The standard InChI is InChI=1S/C17H24N4OS/c1-5-23-9-8-13(3)21(4)15-7-6-14(11-18-15)17-19-12(2)10-16(22)20-17/h6-7,10-11,13H,5,8-9H2,1-4H3,(H,19,20,22)/t13-/m0/s1. The smallest absolute Gasteiger partial charge is 0.251 e. The van der Waals surface area contributed by atoms with E-state index >= 15 is 0 Å². The van der Waals surface area contributed by atoms with E-state index in [0.29, 0.717) is 17.6 Å². The molecule has 2 rings (SSSR count). The molecule has 0 aliphatic rings. The fraction of sp³-hybridized carbons (Fsp3) is 0.471. The zero-order valence-electron chi connectivity index (χ0n) is 14.2. The van der Waals surface area contributed by atoms with E-state index in [4.69, 9.17) is 0 Å². The van der Waals surface area contributed by atoms with Gasteiger partial charge in [-0.1, -0.05) is 6.92 Å². The Labute approximate surface area is 141 Å². The predicted molar refractivity (Wildman–Crippen MR) is 98.3 cm³/mol. The molecule has 0 spiro atoms. The van der Waals surface area contributed by atoms with Crippen molar-refractivity contribution in [2.75, 3.05) is 23.5 Å². The Morgan fingerprint density at radius 3 is 2.78 bits per heavy atom. The van der Waals surface area contributed by atoms with Gasteiger partial charge in [-0.25, -0.2) is 9.97 Å². The van der Waals surface area contributed by atoms with Crippen LogP contribution in [0.25, 0.3) is 11.4 Å². The van der Waals surface area contributed by atoms with Crippen LogP contribution in [0.5, 0.6) is 0 Å². The van der Waals surface area contributed by atoms with E-state index < -0.39 is 0 Å². The largest absolute Gasteiger partial charge is 0.357 e. The summed E-state index contributed by atoms with van der Waals surface area (Å²) >= 11 is 1.96. The predicted octanol–water partition coefficient (Wildman–Crippen LogP) is 3.11. The third-order valence-corrected chi connectivity index (χ3v) is 4.73. The van der Waals surface area contributed by atoms with Gasteiger partial charge in [-0.05, 0) is 43.9 Å². The summed E-state index contributed by atoms with van der Waals surface area (Å²) in [7, 11) is 2.07. The molecule has 0 amide bonds. The van der Waals surface area contributed by atoms with Crippen LogP contribution in [0.3, 0.4) is 0 Å². The normalized spacial score (nSPS) is 12.2. The summed E-state index contributed by atoms with van der Waals surface area (Å²) in [4.78, 5) is 25.4. The second kappa shape index (κ2) is 8.15. The van der Waals surface area contributed by atoms with Crippen LogP contribution in [0.4, 0.5) is 5.82 Å². The summed E-state index contributed by atoms with van der Waals surface area (Å²) in [6.07, 6.45) is 2.89. The van der Waals surface area contributed by atoms with Crippen LogP contribution in [0.15, 0.2) is 29.2 Å². The zero-order chi connectivity index (χ0) is 16.8. The molecule has 0 fully saturated rings. The maximum absolute atomic E-state index is 11.5. The number of H-pyrrole nitrogens is 1. The molecule has 0 saturated carbocycles. The molecule has 1 atom stereocenters. The third-order valence-electron chi connectivity index (χ3n) is 3.80. The number of aromatic nitrogens is 3. The number of pyridine rings is 1. The summed E-state index contributed by atoms with van der Waals surface area (Å²) < 4.78 is 0. The van der Waals surface area contributed by atoms with Gasteiger partial charge in [0, 0.05) is 36.6 Å². The lowest BCUT2D eigenvalue weighted by molar-refractivity contribution is 0.662. The average molecular weight is 332 g/mol. The van der Waals surface area contributed by atoms with Gasteiger partial charge in [0.05, 0.1) is 0 Å². The molecule has 1 N–H and O–H groups in total. The van der Waals surface area contributed by atoms with E-state index in [9.17, 15) is 4.79 Å². The van der Waals surface area contributed by atoms with E-state index in [-0.39, 0.29) is 5.56 Å². The highest BCUT2D eigenvalue weighted by molar-refractivity contribution is 7.99. The first-order valence-corrected chi connectivity index (χ1v) is 9.01. The van der Waals surface area contributed by atoms with Gasteiger partial charge in [-0.3, -0.25) is 4.79 Å². The van der Waals surface area contributed by atoms with Gasteiger partial charge in [-0.2, -0.15) is 11.8 Å². The molecule has 0 aliphatic heterocycles. The van der Waals surface area contributed by atoms with E-state index in [1.54, 1.807) is 6.20 Å². The maximum Gasteiger partial charge on any atom is 0.251 e. The number of rotatable bonds is 7. The molecule has 5 nitrogen and oxygen atoms in total. The summed E-state index contributed by atoms with van der Waals surface area (Å²) in [5.41, 5.74) is 1.37. The minimum atomic E-state index is -0.143. The van der Waals surface area contributed by atoms with Crippen molar-refractivity contribution in [1.82, 2.24) is 15.0 Å². The summed E-state index contributed by atoms with van der Waals surface area (Å²) in [6, 6.07) is 5.84. The van der Waals surface area contributed by atoms with Crippen LogP contribution >= 0.6 is 11.8 Å². The first kappa shape index (κ1) is 17.5. The first-order valence-electron chi connectivity index (χ1n) is 7.86. The molecule has 6 heteroatoms. The van der Waals surface area contributed by atoms with Crippen LogP contribution in [0, 0.1) is 6.92 Å². The molecule has 124 valence electrons. The molecule has 2 aromatic heterocycles. The first-order chi connectivity index (χ1) is 11.0. The van der Waals surface area contributed by atoms with Crippen molar-refractivity contribution in [2.45, 2.75) is 33.2 Å². The topological polar surface area (TPSA) is 61.9 Å². The van der Waals surface area contributed by atoms with Crippen LogP contribution < -0.4 is 10.5 Å². The molecule has 0 aliphatic carbocycles. The van der Waals surface area contributed by atoms with Crippen molar-refractivity contribution >= 4 is 17.6 Å². The Morgan fingerprint density at radius 2 is 2.17 bits per heavy atom. The highest BCUT2D eigenvalue weighted by Gasteiger charge is 2.11. The summed E-state index contributed by atoms with van der Waals surface area (Å²) in [5, 5.41) is 0. The number of hydrogen-bond donors (Lipinski definition) is 1. The highest BCUT2D eigenvalue weighted by Crippen LogP contribution is 2.19.